The molecule has 0 aromatic rings. The summed E-state index contributed by atoms with van der Waals surface area (Å²) in [6.45, 7) is 9.84. The van der Waals surface area contributed by atoms with Gasteiger partial charge in [0.2, 0.25) is 0 Å². The summed E-state index contributed by atoms with van der Waals surface area (Å²) >= 11 is 0. The van der Waals surface area contributed by atoms with Crippen LogP contribution in [0.1, 0.15) is 54.4 Å². The van der Waals surface area contributed by atoms with Gasteiger partial charge >= 0.3 is 12.2 Å². The zero-order valence-corrected chi connectivity index (χ0v) is 16.0. The summed E-state index contributed by atoms with van der Waals surface area (Å²) in [6, 6.07) is 0. The van der Waals surface area contributed by atoms with Gasteiger partial charge in [0.05, 0.1) is 6.54 Å². The van der Waals surface area contributed by atoms with Crippen molar-refractivity contribution in [3.8, 4) is 0 Å². The highest BCUT2D eigenvalue weighted by Crippen LogP contribution is 2.52. The summed E-state index contributed by atoms with van der Waals surface area (Å²) in [5.74, 6) is 3.47. The van der Waals surface area contributed by atoms with E-state index in [0.29, 0.717) is 12.8 Å². The molecule has 0 aromatic heterocycles. The van der Waals surface area contributed by atoms with Crippen molar-refractivity contribution in [3.63, 3.8) is 0 Å². The van der Waals surface area contributed by atoms with Crippen LogP contribution in [0.2, 0.25) is 0 Å². The molecule has 0 aromatic carbocycles. The van der Waals surface area contributed by atoms with Crippen molar-refractivity contribution in [2.75, 3.05) is 6.54 Å². The first-order valence-electron chi connectivity index (χ1n) is 8.38. The Morgan fingerprint density at radius 1 is 0.923 bits per heavy atom. The third kappa shape index (κ3) is 3.82. The smallest absolute Gasteiger partial charge is 0.416 e. The van der Waals surface area contributed by atoms with Crippen LogP contribution in [-0.4, -0.2) is 57.2 Å². The Labute approximate surface area is 152 Å². The number of hydrogen-bond acceptors (Lipinski definition) is 6. The minimum atomic E-state index is -1.12. The molecule has 142 valence electrons. The van der Waals surface area contributed by atoms with Gasteiger partial charge in [-0.05, 0) is 54.4 Å². The van der Waals surface area contributed by atoms with Gasteiger partial charge in [-0.25, -0.2) is 19.2 Å². The van der Waals surface area contributed by atoms with Crippen molar-refractivity contribution in [2.45, 2.75) is 71.1 Å². The molecule has 1 aliphatic carbocycles. The molecule has 2 fully saturated rings. The van der Waals surface area contributed by atoms with E-state index in [0.717, 1.165) is 9.80 Å². The molecular formula is C18H24N2O6. The first-order chi connectivity index (χ1) is 11.8. The van der Waals surface area contributed by atoms with Crippen molar-refractivity contribution in [1.82, 2.24) is 9.80 Å². The van der Waals surface area contributed by atoms with E-state index in [1.54, 1.807) is 53.4 Å². The summed E-state index contributed by atoms with van der Waals surface area (Å²) in [7, 11) is 0. The van der Waals surface area contributed by atoms with Gasteiger partial charge in [0.1, 0.15) is 40.0 Å². The Balaban J connectivity index is 2.41. The molecule has 2 rings (SSSR count). The Hall–Kier alpha value is -2.56. The highest BCUT2D eigenvalue weighted by Gasteiger charge is 2.62. The molecule has 8 heteroatoms. The normalized spacial score (nSPS) is 19.0. The number of hydrogen-bond donors (Lipinski definition) is 0. The predicted molar refractivity (Wildman–Crippen MR) is 91.4 cm³/mol. The Kier molecular flexibility index (Phi) is 4.79. The molecule has 1 spiro atoms. The third-order valence-corrected chi connectivity index (χ3v) is 3.84. The molecule has 1 heterocycles. The summed E-state index contributed by atoms with van der Waals surface area (Å²) in [6.07, 6.45) is -0.730. The van der Waals surface area contributed by atoms with E-state index in [1.165, 1.54) is 0 Å². The molecule has 0 radical (unpaired) electrons. The largest absolute Gasteiger partial charge is 0.443 e. The van der Waals surface area contributed by atoms with Crippen LogP contribution >= 0.6 is 0 Å². The fourth-order valence-electron chi connectivity index (χ4n) is 2.79. The maximum Gasteiger partial charge on any atom is 0.416 e. The highest BCUT2D eigenvalue weighted by atomic mass is 16.6. The second kappa shape index (κ2) is 6.31. The number of rotatable bonds is 0. The molecule has 2 aliphatic rings. The van der Waals surface area contributed by atoms with Crippen molar-refractivity contribution in [1.29, 1.82) is 0 Å². The Morgan fingerprint density at radius 2 is 1.42 bits per heavy atom. The number of piperazine rings is 1. The van der Waals surface area contributed by atoms with Gasteiger partial charge in [0.15, 0.2) is 0 Å². The lowest BCUT2D eigenvalue weighted by Crippen LogP contribution is -2.57. The van der Waals surface area contributed by atoms with E-state index in [1.807, 2.05) is 0 Å². The quantitative estimate of drug-likeness (QED) is 0.613. The molecule has 0 atom stereocenters. The van der Waals surface area contributed by atoms with Crippen molar-refractivity contribution >= 4 is 24.1 Å². The van der Waals surface area contributed by atoms with E-state index < -0.39 is 28.9 Å². The molecule has 8 nitrogen and oxygen atoms in total. The molecule has 0 unspecified atom stereocenters. The molecule has 0 bridgehead atoms. The standard InChI is InChI=1S/C18H24N2O6/c1-16(2,3)25-14(23)19-9-12(10-21)20(15(24)26-17(4,5)6)18(7-8-18)13(19)11-22/h7-9H2,1-6H3. The molecule has 26 heavy (non-hydrogen) atoms. The van der Waals surface area contributed by atoms with Gasteiger partial charge in [-0.3, -0.25) is 9.80 Å². The number of carbonyl (C=O) groups is 2. The number of ether oxygens (including phenoxy) is 2. The topological polar surface area (TPSA) is 93.2 Å². The van der Waals surface area contributed by atoms with Crippen LogP contribution < -0.4 is 0 Å². The number of nitrogens with zero attached hydrogens (tertiary/aromatic N) is 2. The van der Waals surface area contributed by atoms with Crippen LogP contribution in [0.5, 0.6) is 0 Å². The third-order valence-electron chi connectivity index (χ3n) is 3.84. The van der Waals surface area contributed by atoms with Crippen LogP contribution in [0.4, 0.5) is 9.59 Å². The molecular weight excluding hydrogens is 340 g/mol. The van der Waals surface area contributed by atoms with Crippen LogP contribution in [0, 0.1) is 0 Å². The van der Waals surface area contributed by atoms with Crippen LogP contribution in [0.3, 0.4) is 0 Å². The van der Waals surface area contributed by atoms with Gasteiger partial charge in [-0.1, -0.05) is 0 Å². The van der Waals surface area contributed by atoms with E-state index in [9.17, 15) is 19.2 Å². The summed E-state index contributed by atoms with van der Waals surface area (Å²) in [5.41, 5.74) is -2.80. The monoisotopic (exact) mass is 364 g/mol. The van der Waals surface area contributed by atoms with Gasteiger partial charge in [0.25, 0.3) is 0 Å². The van der Waals surface area contributed by atoms with Crippen molar-refractivity contribution in [3.05, 3.63) is 11.4 Å². The van der Waals surface area contributed by atoms with Gasteiger partial charge in [0, 0.05) is 0 Å². The summed E-state index contributed by atoms with van der Waals surface area (Å²) in [4.78, 5) is 50.5. The summed E-state index contributed by atoms with van der Waals surface area (Å²) in [5, 5.41) is 0. The second-order valence-electron chi connectivity index (χ2n) is 8.41. The summed E-state index contributed by atoms with van der Waals surface area (Å²) < 4.78 is 10.7. The van der Waals surface area contributed by atoms with E-state index >= 15 is 0 Å². The van der Waals surface area contributed by atoms with Crippen molar-refractivity contribution < 1.29 is 28.7 Å². The van der Waals surface area contributed by atoms with Crippen LogP contribution in [-0.2, 0) is 19.1 Å². The first kappa shape index (κ1) is 19.8. The predicted octanol–water partition coefficient (Wildman–Crippen LogP) is 2.44. The lowest BCUT2D eigenvalue weighted by atomic mass is 10.0. The zero-order valence-electron chi connectivity index (χ0n) is 16.0. The lowest BCUT2D eigenvalue weighted by Gasteiger charge is -2.42. The van der Waals surface area contributed by atoms with Crippen LogP contribution in [0.15, 0.2) is 11.4 Å². The van der Waals surface area contributed by atoms with E-state index in [4.69, 9.17) is 9.47 Å². The molecule has 0 N–H and O–H groups in total. The SMILES string of the molecule is CC(C)(C)OC(=O)N1CC(=C=O)N(C(=O)OC(C)(C)C)C2(CC2)C1=C=O. The Bertz CT molecular complexity index is 726. The van der Waals surface area contributed by atoms with Gasteiger partial charge in [-0.15, -0.1) is 0 Å². The van der Waals surface area contributed by atoms with Gasteiger partial charge < -0.3 is 9.47 Å². The maximum atomic E-state index is 12.6. The van der Waals surface area contributed by atoms with E-state index in [2.05, 4.69) is 0 Å². The molecule has 1 saturated heterocycles. The fourth-order valence-corrected chi connectivity index (χ4v) is 2.79. The second-order valence-corrected chi connectivity index (χ2v) is 8.41. The molecule has 1 saturated carbocycles. The average Bonchev–Trinajstić information content (AvgIpc) is 3.22. The Morgan fingerprint density at radius 3 is 1.81 bits per heavy atom. The highest BCUT2D eigenvalue weighted by molar-refractivity contribution is 5.84. The van der Waals surface area contributed by atoms with Gasteiger partial charge in [-0.2, -0.15) is 0 Å². The van der Waals surface area contributed by atoms with Crippen molar-refractivity contribution in [2.24, 2.45) is 0 Å². The first-order valence-corrected chi connectivity index (χ1v) is 8.38. The zero-order chi connectivity index (χ0) is 19.9. The maximum absolute atomic E-state index is 12.6. The molecule has 1 aliphatic heterocycles. The fraction of sp³-hybridized carbons (Fsp3) is 0.667. The lowest BCUT2D eigenvalue weighted by molar-refractivity contribution is 0.00536. The number of carbonyl (C=O) groups excluding carboxylic acids is 4. The molecule has 2 amide bonds. The van der Waals surface area contributed by atoms with Crippen LogP contribution in [0.25, 0.3) is 0 Å². The average molecular weight is 364 g/mol. The van der Waals surface area contributed by atoms with E-state index in [-0.39, 0.29) is 17.9 Å². The number of amides is 2. The minimum Gasteiger partial charge on any atom is -0.443 e. The minimum absolute atomic E-state index is 0.0309.